The van der Waals surface area contributed by atoms with Gasteiger partial charge in [-0.2, -0.15) is 5.10 Å². The lowest BCUT2D eigenvalue weighted by Gasteiger charge is -2.22. The first-order valence-electron chi connectivity index (χ1n) is 7.60. The van der Waals surface area contributed by atoms with Crippen LogP contribution in [0.25, 0.3) is 0 Å². The van der Waals surface area contributed by atoms with Crippen molar-refractivity contribution in [2.75, 3.05) is 7.05 Å². The van der Waals surface area contributed by atoms with Gasteiger partial charge in [-0.1, -0.05) is 17.7 Å². The van der Waals surface area contributed by atoms with Crippen molar-refractivity contribution in [1.29, 1.82) is 0 Å². The number of aryl methyl sites for hydroxylation is 4. The molecule has 0 aliphatic rings. The number of likely N-dealkylation sites (N-methyl/N-ethyl adjacent to an activating group) is 1. The van der Waals surface area contributed by atoms with Crippen LogP contribution in [0.3, 0.4) is 0 Å². The van der Waals surface area contributed by atoms with Gasteiger partial charge < -0.3 is 5.32 Å². The van der Waals surface area contributed by atoms with Crippen molar-refractivity contribution in [1.82, 2.24) is 15.1 Å². The highest BCUT2D eigenvalue weighted by Gasteiger charge is 2.18. The minimum Gasteiger partial charge on any atom is -0.311 e. The summed E-state index contributed by atoms with van der Waals surface area (Å²) in [4.78, 5) is 0. The second-order valence-electron chi connectivity index (χ2n) is 6.13. The minimum absolute atomic E-state index is 0.281. The van der Waals surface area contributed by atoms with E-state index in [1.54, 1.807) is 0 Å². The fourth-order valence-corrected chi connectivity index (χ4v) is 3.20. The number of aromatic nitrogens is 2. The van der Waals surface area contributed by atoms with Gasteiger partial charge in [0.25, 0.3) is 0 Å². The second-order valence-corrected chi connectivity index (χ2v) is 6.13. The van der Waals surface area contributed by atoms with Gasteiger partial charge in [0.05, 0.1) is 18.3 Å². The molecule has 21 heavy (non-hydrogen) atoms. The second kappa shape index (κ2) is 6.02. The van der Waals surface area contributed by atoms with Gasteiger partial charge in [-0.15, -0.1) is 0 Å². The van der Waals surface area contributed by atoms with Gasteiger partial charge in [-0.3, -0.25) is 4.68 Å². The van der Waals surface area contributed by atoms with Gasteiger partial charge in [0.1, 0.15) is 0 Å². The van der Waals surface area contributed by atoms with Crippen LogP contribution in [0.4, 0.5) is 0 Å². The smallest absolute Gasteiger partial charge is 0.0625 e. The van der Waals surface area contributed by atoms with Crippen molar-refractivity contribution >= 4 is 0 Å². The van der Waals surface area contributed by atoms with Crippen LogP contribution in [-0.2, 0) is 6.54 Å². The van der Waals surface area contributed by atoms with Crippen LogP contribution < -0.4 is 5.32 Å². The normalized spacial score (nSPS) is 12.7. The molecule has 1 unspecified atom stereocenters. The number of hydrogen-bond acceptors (Lipinski definition) is 2. The molecule has 2 aromatic rings. The van der Waals surface area contributed by atoms with Gasteiger partial charge in [0, 0.05) is 5.69 Å². The summed E-state index contributed by atoms with van der Waals surface area (Å²) in [6, 6.07) is 4.81. The van der Waals surface area contributed by atoms with Crippen LogP contribution in [-0.4, -0.2) is 16.8 Å². The molecule has 1 N–H and O–H groups in total. The van der Waals surface area contributed by atoms with Gasteiger partial charge in [0.15, 0.2) is 0 Å². The Kier molecular flexibility index (Phi) is 4.52. The highest BCUT2D eigenvalue weighted by molar-refractivity contribution is 5.39. The molecule has 0 aliphatic heterocycles. The van der Waals surface area contributed by atoms with E-state index < -0.39 is 0 Å². The van der Waals surface area contributed by atoms with Crippen LogP contribution in [0.2, 0.25) is 0 Å². The van der Waals surface area contributed by atoms with E-state index in [2.05, 4.69) is 68.8 Å². The number of nitrogens with one attached hydrogen (secondary N) is 1. The average molecular weight is 285 g/mol. The first-order chi connectivity index (χ1) is 9.85. The van der Waals surface area contributed by atoms with Crippen LogP contribution >= 0.6 is 0 Å². The number of benzene rings is 1. The summed E-state index contributed by atoms with van der Waals surface area (Å²) in [7, 11) is 2.03. The fourth-order valence-electron chi connectivity index (χ4n) is 3.20. The lowest BCUT2D eigenvalue weighted by Crippen LogP contribution is -2.25. The molecule has 1 atom stereocenters. The predicted octanol–water partition coefficient (Wildman–Crippen LogP) is 3.69. The molecule has 0 spiro atoms. The molecular weight excluding hydrogens is 258 g/mol. The summed E-state index contributed by atoms with van der Waals surface area (Å²) < 4.78 is 2.13. The molecule has 0 saturated heterocycles. The largest absolute Gasteiger partial charge is 0.311 e. The fraction of sp³-hybridized carbons (Fsp3) is 0.500. The summed E-state index contributed by atoms with van der Waals surface area (Å²) in [6.07, 6.45) is 0. The van der Waals surface area contributed by atoms with Gasteiger partial charge in [0.2, 0.25) is 0 Å². The maximum Gasteiger partial charge on any atom is 0.0625 e. The molecule has 0 radical (unpaired) electrons. The summed E-state index contributed by atoms with van der Waals surface area (Å²) >= 11 is 0. The Labute approximate surface area is 128 Å². The maximum absolute atomic E-state index is 4.68. The first kappa shape index (κ1) is 15.8. The Balaban J connectivity index is 2.39. The van der Waals surface area contributed by atoms with E-state index >= 15 is 0 Å². The molecule has 2 rings (SSSR count). The Morgan fingerprint density at radius 1 is 1.05 bits per heavy atom. The van der Waals surface area contributed by atoms with Crippen molar-refractivity contribution in [3.63, 3.8) is 0 Å². The van der Waals surface area contributed by atoms with E-state index in [1.165, 1.54) is 33.5 Å². The zero-order chi connectivity index (χ0) is 15.7. The zero-order valence-corrected chi connectivity index (χ0v) is 14.3. The van der Waals surface area contributed by atoms with Crippen molar-refractivity contribution < 1.29 is 0 Å². The Morgan fingerprint density at radius 2 is 1.62 bits per heavy atom. The van der Waals surface area contributed by atoms with Crippen molar-refractivity contribution in [3.8, 4) is 0 Å². The standard InChI is InChI=1S/C18H27N3/c1-11-8-12(2)18(13(3)9-11)17(19-7)10-21-16(6)14(4)15(5)20-21/h8-9,17,19H,10H2,1-7H3. The summed E-state index contributed by atoms with van der Waals surface area (Å²) in [5.74, 6) is 0. The lowest BCUT2D eigenvalue weighted by atomic mass is 9.94. The molecule has 3 nitrogen and oxygen atoms in total. The first-order valence-corrected chi connectivity index (χ1v) is 7.60. The number of hydrogen-bond donors (Lipinski definition) is 1. The van der Waals surface area contributed by atoms with Gasteiger partial charge in [-0.05, 0) is 70.8 Å². The molecule has 0 bridgehead atoms. The summed E-state index contributed by atoms with van der Waals surface area (Å²) in [5.41, 5.74) is 9.10. The third-order valence-corrected chi connectivity index (χ3v) is 4.53. The highest BCUT2D eigenvalue weighted by atomic mass is 15.3. The predicted molar refractivity (Wildman–Crippen MR) is 88.9 cm³/mol. The topological polar surface area (TPSA) is 29.9 Å². The lowest BCUT2D eigenvalue weighted by molar-refractivity contribution is 0.456. The molecule has 1 heterocycles. The van der Waals surface area contributed by atoms with E-state index in [0.717, 1.165) is 12.2 Å². The van der Waals surface area contributed by atoms with Gasteiger partial charge in [-0.25, -0.2) is 0 Å². The Morgan fingerprint density at radius 3 is 2.05 bits per heavy atom. The average Bonchev–Trinajstić information content (AvgIpc) is 2.64. The molecule has 1 aromatic heterocycles. The Hall–Kier alpha value is -1.61. The maximum atomic E-state index is 4.68. The third-order valence-electron chi connectivity index (χ3n) is 4.53. The minimum atomic E-state index is 0.281. The van der Waals surface area contributed by atoms with Crippen molar-refractivity contribution in [3.05, 3.63) is 51.3 Å². The molecule has 0 amide bonds. The van der Waals surface area contributed by atoms with E-state index in [4.69, 9.17) is 0 Å². The molecule has 1 aromatic carbocycles. The zero-order valence-electron chi connectivity index (χ0n) is 14.3. The van der Waals surface area contributed by atoms with Crippen LogP contribution in [0.1, 0.15) is 45.2 Å². The molecule has 114 valence electrons. The van der Waals surface area contributed by atoms with Crippen molar-refractivity contribution in [2.45, 2.75) is 54.1 Å². The molecular formula is C18H27N3. The highest BCUT2D eigenvalue weighted by Crippen LogP contribution is 2.25. The molecule has 0 aliphatic carbocycles. The third kappa shape index (κ3) is 3.03. The summed E-state index contributed by atoms with van der Waals surface area (Å²) in [5, 5.41) is 8.14. The molecule has 3 heteroatoms. The van der Waals surface area contributed by atoms with E-state index in [0.29, 0.717) is 0 Å². The quantitative estimate of drug-likeness (QED) is 0.928. The van der Waals surface area contributed by atoms with E-state index in [-0.39, 0.29) is 6.04 Å². The van der Waals surface area contributed by atoms with Crippen molar-refractivity contribution in [2.24, 2.45) is 0 Å². The molecule has 0 saturated carbocycles. The van der Waals surface area contributed by atoms with E-state index in [9.17, 15) is 0 Å². The van der Waals surface area contributed by atoms with Crippen LogP contribution in [0.15, 0.2) is 12.1 Å². The van der Waals surface area contributed by atoms with E-state index in [1.807, 2.05) is 7.05 Å². The molecule has 0 fully saturated rings. The van der Waals surface area contributed by atoms with Crippen LogP contribution in [0.5, 0.6) is 0 Å². The number of rotatable bonds is 4. The summed E-state index contributed by atoms with van der Waals surface area (Å²) in [6.45, 7) is 13.8. The van der Waals surface area contributed by atoms with Crippen LogP contribution in [0, 0.1) is 41.5 Å². The number of nitrogens with zero attached hydrogens (tertiary/aromatic N) is 2. The van der Waals surface area contributed by atoms with Gasteiger partial charge >= 0.3 is 0 Å². The SMILES string of the molecule is CNC(Cn1nc(C)c(C)c1C)c1c(C)cc(C)cc1C. The Bertz CT molecular complexity index is 630. The monoisotopic (exact) mass is 285 g/mol.